The average molecular weight is 208 g/mol. The molecule has 0 aromatic rings. The molecule has 1 saturated heterocycles. The topological polar surface area (TPSA) is 69.6 Å². The summed E-state index contributed by atoms with van der Waals surface area (Å²) in [6.45, 7) is 2.55. The Kier molecular flexibility index (Phi) is 3.66. The second-order valence-electron chi connectivity index (χ2n) is 3.09. The fourth-order valence-electron chi connectivity index (χ4n) is 1.57. The Morgan fingerprint density at radius 3 is 2.85 bits per heavy atom. The zero-order valence-electron chi connectivity index (χ0n) is 7.73. The molecule has 0 spiro atoms. The Labute approximate surface area is 78.9 Å². The molecule has 1 rings (SSSR count). The molecule has 1 unspecified atom stereocenters. The summed E-state index contributed by atoms with van der Waals surface area (Å²) in [5.41, 5.74) is 0. The molecule has 6 heteroatoms. The van der Waals surface area contributed by atoms with Crippen molar-refractivity contribution < 1.29 is 13.5 Å². The van der Waals surface area contributed by atoms with Crippen molar-refractivity contribution >= 4 is 10.2 Å². The van der Waals surface area contributed by atoms with Crippen LogP contribution in [0.3, 0.4) is 0 Å². The first-order chi connectivity index (χ1) is 6.11. The minimum absolute atomic E-state index is 0.0926. The molecule has 0 saturated carbocycles. The van der Waals surface area contributed by atoms with Gasteiger partial charge in [-0.1, -0.05) is 6.92 Å². The van der Waals surface area contributed by atoms with Gasteiger partial charge in [-0.05, 0) is 12.8 Å². The summed E-state index contributed by atoms with van der Waals surface area (Å²) in [5, 5.41) is 8.93. The lowest BCUT2D eigenvalue weighted by Crippen LogP contribution is -2.44. The first-order valence-electron chi connectivity index (χ1n) is 4.49. The summed E-state index contributed by atoms with van der Waals surface area (Å²) in [7, 11) is -3.35. The van der Waals surface area contributed by atoms with Gasteiger partial charge in [0.25, 0.3) is 10.2 Å². The Bertz CT molecular complexity index is 252. The molecule has 0 aliphatic carbocycles. The van der Waals surface area contributed by atoms with Crippen molar-refractivity contribution in [1.29, 1.82) is 0 Å². The highest BCUT2D eigenvalue weighted by molar-refractivity contribution is 7.87. The number of aliphatic hydroxyl groups is 1. The molecule has 0 aromatic carbocycles. The largest absolute Gasteiger partial charge is 0.395 e. The smallest absolute Gasteiger partial charge is 0.279 e. The quantitative estimate of drug-likeness (QED) is 0.641. The molecule has 0 radical (unpaired) electrons. The summed E-state index contributed by atoms with van der Waals surface area (Å²) >= 11 is 0. The number of hydrogen-bond acceptors (Lipinski definition) is 3. The van der Waals surface area contributed by atoms with Crippen LogP contribution < -0.4 is 4.72 Å². The lowest BCUT2D eigenvalue weighted by atomic mass is 10.2. The average Bonchev–Trinajstić information content (AvgIpc) is 2.51. The van der Waals surface area contributed by atoms with Crippen LogP contribution in [0.2, 0.25) is 0 Å². The number of hydrogen-bond donors (Lipinski definition) is 2. The Balaban J connectivity index is 2.69. The van der Waals surface area contributed by atoms with Crippen molar-refractivity contribution in [1.82, 2.24) is 9.03 Å². The molecule has 2 N–H and O–H groups in total. The predicted molar refractivity (Wildman–Crippen MR) is 49.4 cm³/mol. The molecule has 1 atom stereocenters. The van der Waals surface area contributed by atoms with Crippen LogP contribution in [-0.4, -0.2) is 43.6 Å². The van der Waals surface area contributed by atoms with E-state index in [-0.39, 0.29) is 12.6 Å². The van der Waals surface area contributed by atoms with E-state index in [0.717, 1.165) is 12.8 Å². The Hall–Kier alpha value is -0.170. The van der Waals surface area contributed by atoms with Gasteiger partial charge in [-0.15, -0.1) is 0 Å². The summed E-state index contributed by atoms with van der Waals surface area (Å²) < 4.78 is 26.8. The molecule has 1 fully saturated rings. The number of aliphatic hydroxyl groups excluding tert-OH is 1. The van der Waals surface area contributed by atoms with Crippen LogP contribution in [0, 0.1) is 0 Å². The maximum absolute atomic E-state index is 11.5. The van der Waals surface area contributed by atoms with Crippen LogP contribution in [-0.2, 0) is 10.2 Å². The standard InChI is InChI=1S/C7H16N2O3S/c1-2-8-13(11,12)9-5-3-4-7(9)6-10/h7-8,10H,2-6H2,1H3. The highest BCUT2D eigenvalue weighted by Crippen LogP contribution is 2.19. The third-order valence-corrected chi connectivity index (χ3v) is 3.92. The number of rotatable bonds is 4. The Morgan fingerprint density at radius 2 is 2.31 bits per heavy atom. The normalized spacial score (nSPS) is 25.2. The first-order valence-corrected chi connectivity index (χ1v) is 5.93. The van der Waals surface area contributed by atoms with Crippen LogP contribution in [0.4, 0.5) is 0 Å². The van der Waals surface area contributed by atoms with E-state index in [1.807, 2.05) is 0 Å². The van der Waals surface area contributed by atoms with E-state index in [1.54, 1.807) is 6.92 Å². The van der Waals surface area contributed by atoms with Crippen molar-refractivity contribution in [3.8, 4) is 0 Å². The van der Waals surface area contributed by atoms with E-state index in [0.29, 0.717) is 13.1 Å². The maximum atomic E-state index is 11.5. The van der Waals surface area contributed by atoms with Gasteiger partial charge >= 0.3 is 0 Å². The molecule has 78 valence electrons. The molecule has 1 aliphatic heterocycles. The van der Waals surface area contributed by atoms with Crippen LogP contribution in [0.15, 0.2) is 0 Å². The minimum Gasteiger partial charge on any atom is -0.395 e. The molecule has 13 heavy (non-hydrogen) atoms. The molecular weight excluding hydrogens is 192 g/mol. The van der Waals surface area contributed by atoms with Crippen molar-refractivity contribution in [3.63, 3.8) is 0 Å². The Morgan fingerprint density at radius 1 is 1.62 bits per heavy atom. The third kappa shape index (κ3) is 2.40. The van der Waals surface area contributed by atoms with E-state index in [9.17, 15) is 8.42 Å². The van der Waals surface area contributed by atoms with Gasteiger partial charge < -0.3 is 5.11 Å². The van der Waals surface area contributed by atoms with Gasteiger partial charge in [-0.25, -0.2) is 4.72 Å². The highest BCUT2D eigenvalue weighted by atomic mass is 32.2. The van der Waals surface area contributed by atoms with Gasteiger partial charge in [0.15, 0.2) is 0 Å². The zero-order valence-corrected chi connectivity index (χ0v) is 8.55. The fraction of sp³-hybridized carbons (Fsp3) is 1.00. The van der Waals surface area contributed by atoms with Crippen molar-refractivity contribution in [3.05, 3.63) is 0 Å². The first kappa shape index (κ1) is 10.9. The van der Waals surface area contributed by atoms with Crippen molar-refractivity contribution in [2.24, 2.45) is 0 Å². The van der Waals surface area contributed by atoms with E-state index in [2.05, 4.69) is 4.72 Å². The summed E-state index contributed by atoms with van der Waals surface area (Å²) in [5.74, 6) is 0. The fourth-order valence-corrected chi connectivity index (χ4v) is 3.04. The van der Waals surface area contributed by atoms with E-state index in [1.165, 1.54) is 4.31 Å². The lowest BCUT2D eigenvalue weighted by Gasteiger charge is -2.21. The molecular formula is C7H16N2O3S. The van der Waals surface area contributed by atoms with E-state index < -0.39 is 10.2 Å². The maximum Gasteiger partial charge on any atom is 0.279 e. The third-order valence-electron chi connectivity index (χ3n) is 2.17. The molecule has 0 aromatic heterocycles. The van der Waals surface area contributed by atoms with E-state index in [4.69, 9.17) is 5.11 Å². The molecule has 1 heterocycles. The van der Waals surface area contributed by atoms with Crippen molar-refractivity contribution in [2.45, 2.75) is 25.8 Å². The summed E-state index contributed by atoms with van der Waals surface area (Å²) in [6, 6.07) is -0.232. The van der Waals surface area contributed by atoms with Gasteiger partial charge in [-0.3, -0.25) is 0 Å². The lowest BCUT2D eigenvalue weighted by molar-refractivity contribution is 0.212. The van der Waals surface area contributed by atoms with Crippen LogP contribution >= 0.6 is 0 Å². The second-order valence-corrected chi connectivity index (χ2v) is 4.80. The van der Waals surface area contributed by atoms with Crippen molar-refractivity contribution in [2.75, 3.05) is 19.7 Å². The molecule has 1 aliphatic rings. The molecule has 0 bridgehead atoms. The number of nitrogens with one attached hydrogen (secondary N) is 1. The second kappa shape index (κ2) is 4.36. The summed E-state index contributed by atoms with van der Waals surface area (Å²) in [4.78, 5) is 0. The zero-order chi connectivity index (χ0) is 9.90. The van der Waals surface area contributed by atoms with Crippen LogP contribution in [0.25, 0.3) is 0 Å². The summed E-state index contributed by atoms with van der Waals surface area (Å²) in [6.07, 6.45) is 1.58. The predicted octanol–water partition coefficient (Wildman–Crippen LogP) is -0.703. The van der Waals surface area contributed by atoms with Crippen LogP contribution in [0.1, 0.15) is 19.8 Å². The van der Waals surface area contributed by atoms with Gasteiger partial charge in [0.2, 0.25) is 0 Å². The highest BCUT2D eigenvalue weighted by Gasteiger charge is 2.32. The monoisotopic (exact) mass is 208 g/mol. The van der Waals surface area contributed by atoms with Gasteiger partial charge in [-0.2, -0.15) is 12.7 Å². The van der Waals surface area contributed by atoms with Gasteiger partial charge in [0.1, 0.15) is 0 Å². The minimum atomic E-state index is -3.35. The SMILES string of the molecule is CCNS(=O)(=O)N1CCCC1CO. The van der Waals surface area contributed by atoms with Gasteiger partial charge in [0.05, 0.1) is 6.61 Å². The van der Waals surface area contributed by atoms with Gasteiger partial charge in [0, 0.05) is 19.1 Å². The molecule has 0 amide bonds. The molecule has 5 nitrogen and oxygen atoms in total. The van der Waals surface area contributed by atoms with E-state index >= 15 is 0 Å². The van der Waals surface area contributed by atoms with Crippen LogP contribution in [0.5, 0.6) is 0 Å². The number of nitrogens with zero attached hydrogens (tertiary/aromatic N) is 1.